The largest absolute Gasteiger partial charge is 0.351 e. The van der Waals surface area contributed by atoms with Crippen molar-refractivity contribution in [3.8, 4) is 5.69 Å². The number of rotatable bonds is 6. The van der Waals surface area contributed by atoms with Crippen LogP contribution in [0.4, 0.5) is 0 Å². The van der Waals surface area contributed by atoms with Crippen molar-refractivity contribution in [3.05, 3.63) is 46.8 Å². The highest BCUT2D eigenvalue weighted by Gasteiger charge is 2.27. The minimum Gasteiger partial charge on any atom is -0.351 e. The first kappa shape index (κ1) is 15.7. The molecule has 0 atom stereocenters. The summed E-state index contributed by atoms with van der Waals surface area (Å²) >= 11 is 0. The molecule has 0 unspecified atom stereocenters. The Morgan fingerprint density at radius 1 is 1.30 bits per heavy atom. The number of benzene rings is 1. The van der Waals surface area contributed by atoms with E-state index in [1.165, 1.54) is 11.3 Å². The molecule has 3 N–H and O–H groups in total. The van der Waals surface area contributed by atoms with Gasteiger partial charge in [-0.1, -0.05) is 18.2 Å². The van der Waals surface area contributed by atoms with Crippen LogP contribution in [0.1, 0.15) is 46.6 Å². The minimum atomic E-state index is -0.0625. The third-order valence-corrected chi connectivity index (χ3v) is 4.41. The second-order valence-electron chi connectivity index (χ2n) is 6.08. The number of hydrogen-bond donors (Lipinski definition) is 2. The molecule has 1 aromatic carbocycles. The van der Waals surface area contributed by atoms with E-state index in [1.807, 2.05) is 16.8 Å². The smallest absolute Gasteiger partial charge is 0.272 e. The molecular weight excluding hydrogens is 288 g/mol. The number of nitrogens with one attached hydrogen (secondary N) is 1. The molecule has 0 saturated carbocycles. The van der Waals surface area contributed by atoms with Gasteiger partial charge in [0.15, 0.2) is 5.69 Å². The van der Waals surface area contributed by atoms with Crippen LogP contribution in [0.2, 0.25) is 0 Å². The van der Waals surface area contributed by atoms with Gasteiger partial charge in [0.05, 0.1) is 5.69 Å². The summed E-state index contributed by atoms with van der Waals surface area (Å²) in [7, 11) is 0. The zero-order valence-corrected chi connectivity index (χ0v) is 13.6. The second-order valence-corrected chi connectivity index (χ2v) is 6.08. The number of unbranched alkanes of at least 4 members (excludes halogenated alkanes) is 1. The molecule has 5 nitrogen and oxygen atoms in total. The van der Waals surface area contributed by atoms with Gasteiger partial charge in [-0.2, -0.15) is 5.10 Å². The third-order valence-electron chi connectivity index (χ3n) is 4.41. The fourth-order valence-corrected chi connectivity index (χ4v) is 3.18. The number of amides is 1. The SMILES string of the molecule is Cc1ccccc1-n1nc(C(=O)NCCCCN)c2c1CCC2. The van der Waals surface area contributed by atoms with Gasteiger partial charge in [-0.3, -0.25) is 4.79 Å². The minimum absolute atomic E-state index is 0.0625. The average Bonchev–Trinajstić information content (AvgIpc) is 3.14. The van der Waals surface area contributed by atoms with Crippen molar-refractivity contribution in [2.24, 2.45) is 5.73 Å². The highest BCUT2D eigenvalue weighted by atomic mass is 16.1. The molecule has 5 heteroatoms. The number of aryl methyl sites for hydroxylation is 1. The van der Waals surface area contributed by atoms with Crippen molar-refractivity contribution in [2.75, 3.05) is 13.1 Å². The van der Waals surface area contributed by atoms with Gasteiger partial charge >= 0.3 is 0 Å². The van der Waals surface area contributed by atoms with Gasteiger partial charge in [0, 0.05) is 17.8 Å². The Morgan fingerprint density at radius 3 is 2.91 bits per heavy atom. The van der Waals surface area contributed by atoms with E-state index in [0.717, 1.165) is 43.4 Å². The molecule has 1 aliphatic carbocycles. The standard InChI is InChI=1S/C18H24N4O/c1-13-7-2-3-9-15(13)22-16-10-6-8-14(16)17(21-22)18(23)20-12-5-4-11-19/h2-3,7,9H,4-6,8,10-12,19H2,1H3,(H,20,23). The lowest BCUT2D eigenvalue weighted by Crippen LogP contribution is -2.26. The predicted molar refractivity (Wildman–Crippen MR) is 90.9 cm³/mol. The Balaban J connectivity index is 1.87. The van der Waals surface area contributed by atoms with E-state index < -0.39 is 0 Å². The number of nitrogens with two attached hydrogens (primary N) is 1. The van der Waals surface area contributed by atoms with Crippen LogP contribution in [-0.4, -0.2) is 28.8 Å². The summed E-state index contributed by atoms with van der Waals surface area (Å²) in [4.78, 5) is 12.5. The Morgan fingerprint density at radius 2 is 2.13 bits per heavy atom. The number of carbonyl (C=O) groups excluding carboxylic acids is 1. The number of hydrogen-bond acceptors (Lipinski definition) is 3. The molecule has 0 spiro atoms. The fourth-order valence-electron chi connectivity index (χ4n) is 3.18. The van der Waals surface area contributed by atoms with Gasteiger partial charge in [0.2, 0.25) is 0 Å². The zero-order valence-electron chi connectivity index (χ0n) is 13.6. The summed E-state index contributed by atoms with van der Waals surface area (Å²) in [6, 6.07) is 8.17. The summed E-state index contributed by atoms with van der Waals surface area (Å²) in [5, 5.41) is 7.61. The summed E-state index contributed by atoms with van der Waals surface area (Å²) in [5.41, 5.74) is 10.6. The van der Waals surface area contributed by atoms with Crippen molar-refractivity contribution in [1.29, 1.82) is 0 Å². The maximum absolute atomic E-state index is 12.5. The average molecular weight is 312 g/mol. The first-order chi connectivity index (χ1) is 11.2. The number of para-hydroxylation sites is 1. The number of carbonyl (C=O) groups is 1. The Labute approximate surface area is 136 Å². The van der Waals surface area contributed by atoms with Crippen LogP contribution in [0.25, 0.3) is 5.69 Å². The Kier molecular flexibility index (Phi) is 4.76. The van der Waals surface area contributed by atoms with Crippen LogP contribution in [0, 0.1) is 6.92 Å². The van der Waals surface area contributed by atoms with Gasteiger partial charge in [-0.15, -0.1) is 0 Å². The molecule has 1 amide bonds. The Bertz CT molecular complexity index is 705. The van der Waals surface area contributed by atoms with Crippen molar-refractivity contribution < 1.29 is 4.79 Å². The summed E-state index contributed by atoms with van der Waals surface area (Å²) in [5.74, 6) is -0.0625. The molecular formula is C18H24N4O. The lowest BCUT2D eigenvalue weighted by atomic mass is 10.1. The van der Waals surface area contributed by atoms with Crippen molar-refractivity contribution in [1.82, 2.24) is 15.1 Å². The molecule has 122 valence electrons. The van der Waals surface area contributed by atoms with Gasteiger partial charge in [0.25, 0.3) is 5.91 Å². The number of fused-ring (bicyclic) bond motifs is 1. The summed E-state index contributed by atoms with van der Waals surface area (Å²) < 4.78 is 1.96. The van der Waals surface area contributed by atoms with Gasteiger partial charge in [-0.05, 0) is 57.2 Å². The molecule has 1 aliphatic rings. The van der Waals surface area contributed by atoms with Crippen LogP contribution in [0.5, 0.6) is 0 Å². The molecule has 0 saturated heterocycles. The maximum atomic E-state index is 12.5. The van der Waals surface area contributed by atoms with Crippen LogP contribution in [-0.2, 0) is 12.8 Å². The fraction of sp³-hybridized carbons (Fsp3) is 0.444. The first-order valence-corrected chi connectivity index (χ1v) is 8.37. The van der Waals surface area contributed by atoms with Crippen LogP contribution < -0.4 is 11.1 Å². The summed E-state index contributed by atoms with van der Waals surface area (Å²) in [6.07, 6.45) is 4.84. The molecule has 1 aromatic heterocycles. The van der Waals surface area contributed by atoms with E-state index in [9.17, 15) is 4.79 Å². The zero-order chi connectivity index (χ0) is 16.2. The van der Waals surface area contributed by atoms with Gasteiger partial charge in [0.1, 0.15) is 0 Å². The summed E-state index contributed by atoms with van der Waals surface area (Å²) in [6.45, 7) is 3.39. The highest BCUT2D eigenvalue weighted by Crippen LogP contribution is 2.28. The van der Waals surface area contributed by atoms with Crippen molar-refractivity contribution in [2.45, 2.75) is 39.0 Å². The van der Waals surface area contributed by atoms with E-state index in [2.05, 4.69) is 29.5 Å². The quantitative estimate of drug-likeness (QED) is 0.803. The molecule has 3 rings (SSSR count). The molecule has 23 heavy (non-hydrogen) atoms. The Hall–Kier alpha value is -2.14. The second kappa shape index (κ2) is 6.96. The van der Waals surface area contributed by atoms with Crippen LogP contribution in [0.15, 0.2) is 24.3 Å². The van der Waals surface area contributed by atoms with Crippen molar-refractivity contribution in [3.63, 3.8) is 0 Å². The van der Waals surface area contributed by atoms with E-state index >= 15 is 0 Å². The van der Waals surface area contributed by atoms with E-state index in [-0.39, 0.29) is 5.91 Å². The van der Waals surface area contributed by atoms with Crippen LogP contribution in [0.3, 0.4) is 0 Å². The van der Waals surface area contributed by atoms with Crippen molar-refractivity contribution >= 4 is 5.91 Å². The predicted octanol–water partition coefficient (Wildman–Crippen LogP) is 2.14. The van der Waals surface area contributed by atoms with Crippen LogP contribution >= 0.6 is 0 Å². The van der Waals surface area contributed by atoms with Gasteiger partial charge in [-0.25, -0.2) is 4.68 Å². The molecule has 2 aromatic rings. The molecule has 0 fully saturated rings. The molecule has 0 radical (unpaired) electrons. The monoisotopic (exact) mass is 312 g/mol. The lowest BCUT2D eigenvalue weighted by molar-refractivity contribution is 0.0946. The maximum Gasteiger partial charge on any atom is 0.272 e. The van der Waals surface area contributed by atoms with E-state index in [4.69, 9.17) is 5.73 Å². The highest BCUT2D eigenvalue weighted by molar-refractivity contribution is 5.94. The van der Waals surface area contributed by atoms with E-state index in [1.54, 1.807) is 0 Å². The topological polar surface area (TPSA) is 72.9 Å². The molecule has 0 aliphatic heterocycles. The third kappa shape index (κ3) is 3.15. The molecule has 0 bridgehead atoms. The van der Waals surface area contributed by atoms with E-state index in [0.29, 0.717) is 18.8 Å². The molecule has 1 heterocycles. The lowest BCUT2D eigenvalue weighted by Gasteiger charge is -2.08. The van der Waals surface area contributed by atoms with Gasteiger partial charge < -0.3 is 11.1 Å². The first-order valence-electron chi connectivity index (χ1n) is 8.37. The normalized spacial score (nSPS) is 13.1. The number of nitrogens with zero attached hydrogens (tertiary/aromatic N) is 2. The number of aromatic nitrogens is 2.